The Morgan fingerprint density at radius 1 is 1.29 bits per heavy atom. The lowest BCUT2D eigenvalue weighted by Crippen LogP contribution is -2.45. The van der Waals surface area contributed by atoms with Gasteiger partial charge in [-0.2, -0.15) is 0 Å². The van der Waals surface area contributed by atoms with Gasteiger partial charge in [-0.3, -0.25) is 19.8 Å². The third-order valence-corrected chi connectivity index (χ3v) is 3.94. The van der Waals surface area contributed by atoms with Gasteiger partial charge in [0.1, 0.15) is 5.82 Å². The van der Waals surface area contributed by atoms with Gasteiger partial charge in [0.15, 0.2) is 0 Å². The molecular weight excluding hydrogens is 362 g/mol. The van der Waals surface area contributed by atoms with Gasteiger partial charge >= 0.3 is 6.03 Å². The molecule has 3 N–H and O–H groups in total. The first kappa shape index (κ1) is 21.5. The van der Waals surface area contributed by atoms with Crippen molar-refractivity contribution in [3.8, 4) is 0 Å². The summed E-state index contributed by atoms with van der Waals surface area (Å²) in [5, 5.41) is 5.45. The minimum Gasteiger partial charge on any atom is -0.383 e. The monoisotopic (exact) mass is 389 g/mol. The molecule has 152 valence electrons. The van der Waals surface area contributed by atoms with E-state index in [4.69, 9.17) is 4.74 Å². The maximum absolute atomic E-state index is 12.2. The third-order valence-electron chi connectivity index (χ3n) is 3.94. The second-order valence-electron chi connectivity index (χ2n) is 6.89. The molecular formula is C19H27N5O4. The van der Waals surface area contributed by atoms with Crippen molar-refractivity contribution in [2.45, 2.75) is 20.4 Å². The van der Waals surface area contributed by atoms with Crippen LogP contribution in [0.15, 0.2) is 29.1 Å². The van der Waals surface area contributed by atoms with E-state index in [0.29, 0.717) is 36.4 Å². The highest BCUT2D eigenvalue weighted by Crippen LogP contribution is 2.07. The van der Waals surface area contributed by atoms with Gasteiger partial charge in [0.25, 0.3) is 5.56 Å². The summed E-state index contributed by atoms with van der Waals surface area (Å²) in [6, 6.07) is 6.53. The predicted octanol–water partition coefficient (Wildman–Crippen LogP) is 0.853. The van der Waals surface area contributed by atoms with Crippen LogP contribution in [0.4, 0.5) is 4.79 Å². The smallest absolute Gasteiger partial charge is 0.321 e. The summed E-state index contributed by atoms with van der Waals surface area (Å²) in [5.41, 5.74) is 0.357. The molecule has 0 unspecified atom stereocenters. The minimum atomic E-state index is -0.525. The van der Waals surface area contributed by atoms with Crippen LogP contribution in [-0.4, -0.2) is 60.2 Å². The SMILES string of the molecule is COCCN(CC(=O)NC(=O)NCC(C)C)Cc1nc2ccccc2c(=O)[nH]1. The van der Waals surface area contributed by atoms with Crippen LogP contribution in [0.2, 0.25) is 0 Å². The fourth-order valence-electron chi connectivity index (χ4n) is 2.57. The van der Waals surface area contributed by atoms with Crippen LogP contribution in [0.25, 0.3) is 10.9 Å². The van der Waals surface area contributed by atoms with Crippen molar-refractivity contribution in [1.29, 1.82) is 0 Å². The number of methoxy groups -OCH3 is 1. The Bertz CT molecular complexity index is 865. The molecule has 0 fully saturated rings. The van der Waals surface area contributed by atoms with Crippen LogP contribution < -0.4 is 16.2 Å². The number of ether oxygens (including phenoxy) is 1. The molecule has 28 heavy (non-hydrogen) atoms. The second-order valence-corrected chi connectivity index (χ2v) is 6.89. The molecule has 0 aliphatic heterocycles. The summed E-state index contributed by atoms with van der Waals surface area (Å²) >= 11 is 0. The molecule has 3 amide bonds. The van der Waals surface area contributed by atoms with Crippen LogP contribution >= 0.6 is 0 Å². The zero-order valence-corrected chi connectivity index (χ0v) is 16.4. The molecule has 0 atom stereocenters. The zero-order valence-electron chi connectivity index (χ0n) is 16.4. The van der Waals surface area contributed by atoms with E-state index in [0.717, 1.165) is 0 Å². The summed E-state index contributed by atoms with van der Waals surface area (Å²) in [6.45, 7) is 5.45. The predicted molar refractivity (Wildman–Crippen MR) is 106 cm³/mol. The number of fused-ring (bicyclic) bond motifs is 1. The molecule has 1 aromatic carbocycles. The van der Waals surface area contributed by atoms with Gasteiger partial charge in [-0.25, -0.2) is 9.78 Å². The number of aromatic amines is 1. The average molecular weight is 389 g/mol. The van der Waals surface area contributed by atoms with E-state index in [-0.39, 0.29) is 24.6 Å². The number of hydrogen-bond donors (Lipinski definition) is 3. The molecule has 0 aliphatic carbocycles. The topological polar surface area (TPSA) is 116 Å². The number of hydrogen-bond acceptors (Lipinski definition) is 6. The summed E-state index contributed by atoms with van der Waals surface area (Å²) in [4.78, 5) is 45.1. The second kappa shape index (κ2) is 10.5. The van der Waals surface area contributed by atoms with Gasteiger partial charge < -0.3 is 15.0 Å². The first-order valence-corrected chi connectivity index (χ1v) is 9.16. The fourth-order valence-corrected chi connectivity index (χ4v) is 2.57. The van der Waals surface area contributed by atoms with Crippen molar-refractivity contribution in [2.75, 3.05) is 33.4 Å². The first-order valence-electron chi connectivity index (χ1n) is 9.16. The molecule has 0 aliphatic rings. The quantitative estimate of drug-likeness (QED) is 0.586. The van der Waals surface area contributed by atoms with Crippen molar-refractivity contribution in [3.63, 3.8) is 0 Å². The van der Waals surface area contributed by atoms with Crippen LogP contribution in [0.5, 0.6) is 0 Å². The van der Waals surface area contributed by atoms with Gasteiger partial charge in [0, 0.05) is 20.2 Å². The molecule has 0 spiro atoms. The van der Waals surface area contributed by atoms with E-state index >= 15 is 0 Å². The first-order chi connectivity index (χ1) is 13.4. The Hall–Kier alpha value is -2.78. The Morgan fingerprint density at radius 2 is 2.04 bits per heavy atom. The largest absolute Gasteiger partial charge is 0.383 e. The van der Waals surface area contributed by atoms with Crippen molar-refractivity contribution in [1.82, 2.24) is 25.5 Å². The lowest BCUT2D eigenvalue weighted by atomic mass is 10.2. The van der Waals surface area contributed by atoms with E-state index in [1.54, 1.807) is 30.2 Å². The summed E-state index contributed by atoms with van der Waals surface area (Å²) in [5.74, 6) is 0.284. The van der Waals surface area contributed by atoms with Gasteiger partial charge in [-0.1, -0.05) is 26.0 Å². The van der Waals surface area contributed by atoms with Gasteiger partial charge in [0.2, 0.25) is 5.91 Å². The van der Waals surface area contributed by atoms with Gasteiger partial charge in [-0.15, -0.1) is 0 Å². The number of imide groups is 1. The third kappa shape index (κ3) is 6.75. The number of aromatic nitrogens is 2. The summed E-state index contributed by atoms with van der Waals surface area (Å²) in [7, 11) is 1.56. The van der Waals surface area contributed by atoms with Crippen LogP contribution in [0.3, 0.4) is 0 Å². The maximum Gasteiger partial charge on any atom is 0.321 e. The summed E-state index contributed by atoms with van der Waals surface area (Å²) in [6.07, 6.45) is 0. The Labute approximate surface area is 163 Å². The van der Waals surface area contributed by atoms with Crippen LogP contribution in [-0.2, 0) is 16.1 Å². The Morgan fingerprint density at radius 3 is 2.75 bits per heavy atom. The molecule has 0 bridgehead atoms. The number of urea groups is 1. The lowest BCUT2D eigenvalue weighted by Gasteiger charge is -2.21. The van der Waals surface area contributed by atoms with E-state index in [1.807, 2.05) is 19.9 Å². The number of para-hydroxylation sites is 1. The molecule has 9 nitrogen and oxygen atoms in total. The van der Waals surface area contributed by atoms with E-state index < -0.39 is 11.9 Å². The number of amides is 3. The molecule has 2 aromatic rings. The molecule has 1 aromatic heterocycles. The number of nitrogens with one attached hydrogen (secondary N) is 3. The zero-order chi connectivity index (χ0) is 20.5. The molecule has 2 rings (SSSR count). The number of H-pyrrole nitrogens is 1. The number of carbonyl (C=O) groups is 2. The highest BCUT2D eigenvalue weighted by Gasteiger charge is 2.15. The van der Waals surface area contributed by atoms with Crippen molar-refractivity contribution < 1.29 is 14.3 Å². The normalized spacial score (nSPS) is 11.2. The van der Waals surface area contributed by atoms with Gasteiger partial charge in [0.05, 0.1) is 30.6 Å². The van der Waals surface area contributed by atoms with E-state index in [2.05, 4.69) is 20.6 Å². The van der Waals surface area contributed by atoms with Crippen molar-refractivity contribution >= 4 is 22.8 Å². The fraction of sp³-hybridized carbons (Fsp3) is 0.474. The molecule has 0 radical (unpaired) electrons. The maximum atomic E-state index is 12.2. The lowest BCUT2D eigenvalue weighted by molar-refractivity contribution is -0.121. The highest BCUT2D eigenvalue weighted by atomic mass is 16.5. The minimum absolute atomic E-state index is 0.0327. The summed E-state index contributed by atoms with van der Waals surface area (Å²) < 4.78 is 5.09. The molecule has 0 saturated heterocycles. The van der Waals surface area contributed by atoms with E-state index in [9.17, 15) is 14.4 Å². The average Bonchev–Trinajstić information content (AvgIpc) is 2.64. The number of benzene rings is 1. The standard InChI is InChI=1S/C19H27N5O4/c1-13(2)10-20-19(27)23-17(25)12-24(8-9-28-3)11-16-21-15-7-5-4-6-14(15)18(26)22-16/h4-7,13H,8-12H2,1-3H3,(H,21,22,26)(H2,20,23,25,27). The number of nitrogens with zero attached hydrogens (tertiary/aromatic N) is 2. The van der Waals surface area contributed by atoms with Gasteiger partial charge in [-0.05, 0) is 18.1 Å². The van der Waals surface area contributed by atoms with E-state index in [1.165, 1.54) is 0 Å². The number of rotatable bonds is 9. The Balaban J connectivity index is 2.04. The molecule has 1 heterocycles. The van der Waals surface area contributed by atoms with Crippen LogP contribution in [0.1, 0.15) is 19.7 Å². The highest BCUT2D eigenvalue weighted by molar-refractivity contribution is 5.95. The Kier molecular flexibility index (Phi) is 8.09. The van der Waals surface area contributed by atoms with Crippen molar-refractivity contribution in [2.24, 2.45) is 5.92 Å². The van der Waals surface area contributed by atoms with Crippen LogP contribution in [0, 0.1) is 5.92 Å². The van der Waals surface area contributed by atoms with Crippen molar-refractivity contribution in [3.05, 3.63) is 40.4 Å². The number of carbonyl (C=O) groups excluding carboxylic acids is 2. The molecule has 9 heteroatoms. The molecule has 0 saturated carbocycles.